The maximum absolute atomic E-state index is 12.7. The molecule has 0 N–H and O–H groups in total. The van der Waals surface area contributed by atoms with Gasteiger partial charge in [0.15, 0.2) is 6.10 Å². The van der Waals surface area contributed by atoms with E-state index in [-0.39, 0.29) is 31.6 Å². The molecule has 0 aromatic carbocycles. The van der Waals surface area contributed by atoms with E-state index in [1.165, 1.54) is 77.0 Å². The molecule has 0 spiro atoms. The van der Waals surface area contributed by atoms with Gasteiger partial charge in [-0.05, 0) is 89.9 Å². The maximum atomic E-state index is 12.7. The van der Waals surface area contributed by atoms with Crippen LogP contribution in [0.15, 0.2) is 122 Å². The highest BCUT2D eigenvalue weighted by Gasteiger charge is 2.19. The lowest BCUT2D eigenvalue weighted by Gasteiger charge is -2.18. The minimum atomic E-state index is -0.838. The Morgan fingerprint density at radius 3 is 0.985 bits per heavy atom. The minimum Gasteiger partial charge on any atom is -0.462 e. The molecule has 1 atom stereocenters. The van der Waals surface area contributed by atoms with Crippen molar-refractivity contribution in [3.05, 3.63) is 122 Å². The first kappa shape index (κ1) is 62.8. The maximum Gasteiger partial charge on any atom is 0.310 e. The van der Waals surface area contributed by atoms with Crippen LogP contribution in [-0.2, 0) is 28.6 Å². The predicted molar refractivity (Wildman–Crippen MR) is 288 cm³/mol. The van der Waals surface area contributed by atoms with Crippen LogP contribution in [0.4, 0.5) is 0 Å². The first-order chi connectivity index (χ1) is 33.0. The third-order valence-electron chi connectivity index (χ3n) is 11.0. The summed E-state index contributed by atoms with van der Waals surface area (Å²) in [5, 5.41) is 0. The second-order valence-corrected chi connectivity index (χ2v) is 17.4. The molecule has 0 radical (unpaired) electrons. The third-order valence-corrected chi connectivity index (χ3v) is 11.0. The van der Waals surface area contributed by atoms with Crippen LogP contribution in [-0.4, -0.2) is 37.2 Å². The second kappa shape index (κ2) is 54.4. The van der Waals surface area contributed by atoms with Gasteiger partial charge in [0.2, 0.25) is 0 Å². The van der Waals surface area contributed by atoms with E-state index in [4.69, 9.17) is 14.2 Å². The fourth-order valence-electron chi connectivity index (χ4n) is 7.01. The van der Waals surface area contributed by atoms with Gasteiger partial charge >= 0.3 is 17.9 Å². The molecule has 0 aromatic heterocycles. The van der Waals surface area contributed by atoms with Crippen molar-refractivity contribution in [2.75, 3.05) is 13.2 Å². The standard InChI is InChI=1S/C61H98O6/c1-4-7-10-13-16-19-22-24-26-27-28-29-30-31-32-33-35-36-39-42-45-48-51-54-60(63)66-57-58(56-65-59(62)53-50-47-44-41-38-21-18-15-12-9-6-3)67-61(64)55-52-49-46-43-40-37-34-25-23-20-17-14-11-8-5-2/h7-8,10-11,16-17,19-20,24-26,28-29,31-32,34,40,43,49,52,58H,4-6,9,12-15,18,21-23,27,30,33,35-39,41-42,44-48,50-51,53-57H2,1-3H3/b10-7-,11-8-,19-16-,20-17-,26-24-,29-28-,32-31-,34-25-,43-40-,52-49-. The van der Waals surface area contributed by atoms with Crippen LogP contribution in [0.1, 0.15) is 226 Å². The van der Waals surface area contributed by atoms with Crippen LogP contribution >= 0.6 is 0 Å². The van der Waals surface area contributed by atoms with Crippen molar-refractivity contribution in [1.82, 2.24) is 0 Å². The number of unbranched alkanes of at least 4 members (excludes halogenated alkanes) is 17. The predicted octanol–water partition coefficient (Wildman–Crippen LogP) is 18.1. The van der Waals surface area contributed by atoms with Crippen LogP contribution in [0, 0.1) is 0 Å². The van der Waals surface area contributed by atoms with Gasteiger partial charge in [-0.25, -0.2) is 0 Å². The quantitative estimate of drug-likeness (QED) is 0.0262. The van der Waals surface area contributed by atoms with Gasteiger partial charge in [0, 0.05) is 12.8 Å². The van der Waals surface area contributed by atoms with Gasteiger partial charge in [-0.2, -0.15) is 0 Å². The minimum absolute atomic E-state index is 0.0913. The van der Waals surface area contributed by atoms with Gasteiger partial charge in [-0.1, -0.05) is 239 Å². The Bertz CT molecular complexity index is 1440. The molecule has 6 heteroatoms. The Morgan fingerprint density at radius 1 is 0.328 bits per heavy atom. The van der Waals surface area contributed by atoms with Gasteiger partial charge < -0.3 is 14.2 Å². The van der Waals surface area contributed by atoms with Gasteiger partial charge in [0.1, 0.15) is 13.2 Å². The Hall–Kier alpha value is -4.19. The van der Waals surface area contributed by atoms with E-state index in [0.717, 1.165) is 103 Å². The first-order valence-electron chi connectivity index (χ1n) is 27.0. The molecule has 67 heavy (non-hydrogen) atoms. The zero-order chi connectivity index (χ0) is 48.6. The summed E-state index contributed by atoms with van der Waals surface area (Å²) in [5.74, 6) is -1.07. The molecule has 0 aliphatic rings. The highest BCUT2D eigenvalue weighted by Crippen LogP contribution is 2.14. The molecule has 0 heterocycles. The molecular weight excluding hydrogens is 829 g/mol. The number of hydrogen-bond acceptors (Lipinski definition) is 6. The lowest BCUT2D eigenvalue weighted by molar-refractivity contribution is -0.166. The van der Waals surface area contributed by atoms with Crippen molar-refractivity contribution in [3.63, 3.8) is 0 Å². The van der Waals surface area contributed by atoms with Crippen molar-refractivity contribution in [2.24, 2.45) is 0 Å². The van der Waals surface area contributed by atoms with Crippen molar-refractivity contribution in [1.29, 1.82) is 0 Å². The number of ether oxygens (including phenoxy) is 3. The summed E-state index contributed by atoms with van der Waals surface area (Å²) in [5.41, 5.74) is 0. The molecule has 0 bridgehead atoms. The molecule has 0 aromatic rings. The largest absolute Gasteiger partial charge is 0.462 e. The van der Waals surface area contributed by atoms with Crippen LogP contribution in [0.5, 0.6) is 0 Å². The molecule has 0 saturated carbocycles. The number of esters is 3. The topological polar surface area (TPSA) is 78.9 Å². The van der Waals surface area contributed by atoms with E-state index in [1.807, 2.05) is 6.08 Å². The van der Waals surface area contributed by atoms with Gasteiger partial charge in [-0.15, -0.1) is 0 Å². The van der Waals surface area contributed by atoms with Gasteiger partial charge in [0.25, 0.3) is 0 Å². The Balaban J connectivity index is 4.45. The Labute approximate surface area is 412 Å². The summed E-state index contributed by atoms with van der Waals surface area (Å²) < 4.78 is 16.7. The van der Waals surface area contributed by atoms with Crippen LogP contribution < -0.4 is 0 Å². The van der Waals surface area contributed by atoms with E-state index in [2.05, 4.69) is 130 Å². The monoisotopic (exact) mass is 927 g/mol. The number of rotatable bonds is 47. The number of allylic oxidation sites excluding steroid dienone is 19. The molecule has 0 aliphatic heterocycles. The smallest absolute Gasteiger partial charge is 0.310 e. The van der Waals surface area contributed by atoms with Gasteiger partial charge in [0.05, 0.1) is 6.42 Å². The van der Waals surface area contributed by atoms with E-state index < -0.39 is 12.1 Å². The molecule has 6 nitrogen and oxygen atoms in total. The lowest BCUT2D eigenvalue weighted by atomic mass is 10.1. The molecule has 0 saturated heterocycles. The molecule has 0 fully saturated rings. The van der Waals surface area contributed by atoms with Crippen LogP contribution in [0.3, 0.4) is 0 Å². The van der Waals surface area contributed by atoms with Crippen LogP contribution in [0.2, 0.25) is 0 Å². The fraction of sp³-hybridized carbons (Fsp3) is 0.623. The highest BCUT2D eigenvalue weighted by atomic mass is 16.6. The molecule has 0 amide bonds. The average molecular weight is 927 g/mol. The molecule has 378 valence electrons. The normalized spacial score (nSPS) is 13.1. The SMILES string of the molecule is CC/C=C\C/C=C\C/C=C\C/C=C\C/C=C\CCCCCCCCCC(=O)OCC(COC(=O)CCCCCCCCCCCCC)OC(=O)C/C=C\C/C=C\C/C=C\C/C=C\C/C=C\CC. The van der Waals surface area contributed by atoms with E-state index in [1.54, 1.807) is 6.08 Å². The molecule has 0 rings (SSSR count). The summed E-state index contributed by atoms with van der Waals surface area (Å²) in [6, 6.07) is 0. The number of hydrogen-bond donors (Lipinski definition) is 0. The molecular formula is C61H98O6. The first-order valence-corrected chi connectivity index (χ1v) is 27.0. The van der Waals surface area contributed by atoms with E-state index in [0.29, 0.717) is 19.3 Å². The number of carbonyl (C=O) groups excluding carboxylic acids is 3. The highest BCUT2D eigenvalue weighted by molar-refractivity contribution is 5.72. The van der Waals surface area contributed by atoms with E-state index >= 15 is 0 Å². The summed E-state index contributed by atoms with van der Waals surface area (Å²) in [7, 11) is 0. The van der Waals surface area contributed by atoms with Crippen LogP contribution in [0.25, 0.3) is 0 Å². The Kier molecular flexibility index (Phi) is 51.0. The summed E-state index contributed by atoms with van der Waals surface area (Å²) in [6.07, 6.45) is 75.0. The average Bonchev–Trinajstić information content (AvgIpc) is 3.33. The van der Waals surface area contributed by atoms with E-state index in [9.17, 15) is 14.4 Å². The summed E-state index contributed by atoms with van der Waals surface area (Å²) in [6.45, 7) is 6.30. The van der Waals surface area contributed by atoms with Crippen molar-refractivity contribution >= 4 is 17.9 Å². The molecule has 0 aliphatic carbocycles. The third kappa shape index (κ3) is 52.6. The van der Waals surface area contributed by atoms with Crippen molar-refractivity contribution in [2.45, 2.75) is 232 Å². The zero-order valence-corrected chi connectivity index (χ0v) is 43.1. The summed E-state index contributed by atoms with van der Waals surface area (Å²) >= 11 is 0. The van der Waals surface area contributed by atoms with Gasteiger partial charge in [-0.3, -0.25) is 14.4 Å². The van der Waals surface area contributed by atoms with Crippen molar-refractivity contribution in [3.8, 4) is 0 Å². The lowest BCUT2D eigenvalue weighted by Crippen LogP contribution is -2.30. The zero-order valence-electron chi connectivity index (χ0n) is 43.1. The fourth-order valence-corrected chi connectivity index (χ4v) is 7.01. The van der Waals surface area contributed by atoms with Crippen molar-refractivity contribution < 1.29 is 28.6 Å². The number of carbonyl (C=O) groups is 3. The summed E-state index contributed by atoms with van der Waals surface area (Å²) in [4.78, 5) is 37.9. The Morgan fingerprint density at radius 2 is 0.627 bits per heavy atom. The molecule has 1 unspecified atom stereocenters. The second-order valence-electron chi connectivity index (χ2n) is 17.4.